The van der Waals surface area contributed by atoms with Gasteiger partial charge < -0.3 is 15.5 Å². The van der Waals surface area contributed by atoms with Gasteiger partial charge in [0, 0.05) is 17.9 Å². The minimum atomic E-state index is -0.490. The number of carbonyl (C=O) groups excluding carboxylic acids is 2. The maximum atomic E-state index is 12.5. The Morgan fingerprint density at radius 3 is 2.50 bits per heavy atom. The molecule has 2 aromatic carbocycles. The van der Waals surface area contributed by atoms with Crippen molar-refractivity contribution in [3.63, 3.8) is 0 Å². The van der Waals surface area contributed by atoms with Crippen molar-refractivity contribution in [1.82, 2.24) is 5.32 Å². The second-order valence-corrected chi connectivity index (χ2v) is 6.08. The number of nitrogens with one attached hydrogen (secondary N) is 2. The van der Waals surface area contributed by atoms with Gasteiger partial charge in [-0.05, 0) is 44.0 Å². The third kappa shape index (κ3) is 3.40. The highest BCUT2D eigenvalue weighted by Crippen LogP contribution is 2.22. The highest BCUT2D eigenvalue weighted by Gasteiger charge is 2.33. The number of anilines is 2. The number of hydrogen-bond acceptors (Lipinski definition) is 2. The van der Waals surface area contributed by atoms with E-state index < -0.39 is 6.04 Å². The molecule has 0 aliphatic carbocycles. The zero-order chi connectivity index (χ0) is 17.1. The van der Waals surface area contributed by atoms with Crippen LogP contribution in [-0.2, 0) is 4.79 Å². The van der Waals surface area contributed by atoms with Crippen molar-refractivity contribution in [1.29, 1.82) is 0 Å². The molecule has 0 bridgehead atoms. The van der Waals surface area contributed by atoms with Gasteiger partial charge in [0.25, 0.3) is 0 Å². The fourth-order valence-corrected chi connectivity index (χ4v) is 2.82. The van der Waals surface area contributed by atoms with Crippen LogP contribution in [0.4, 0.5) is 16.2 Å². The van der Waals surface area contributed by atoms with Crippen molar-refractivity contribution in [3.05, 3.63) is 59.7 Å². The van der Waals surface area contributed by atoms with Crippen LogP contribution < -0.4 is 15.5 Å². The molecule has 5 nitrogen and oxygen atoms in total. The Morgan fingerprint density at radius 2 is 1.79 bits per heavy atom. The maximum Gasteiger partial charge on any atom is 0.319 e. The molecule has 0 aromatic heterocycles. The molecule has 1 aliphatic rings. The first kappa shape index (κ1) is 16.1. The van der Waals surface area contributed by atoms with E-state index >= 15 is 0 Å². The van der Waals surface area contributed by atoms with Gasteiger partial charge in [0.05, 0.1) is 0 Å². The normalized spacial score (nSPS) is 17.0. The Bertz CT molecular complexity index is 755. The number of rotatable bonds is 3. The number of amides is 3. The van der Waals surface area contributed by atoms with E-state index in [1.165, 1.54) is 0 Å². The second kappa shape index (κ2) is 6.74. The molecule has 24 heavy (non-hydrogen) atoms. The summed E-state index contributed by atoms with van der Waals surface area (Å²) in [6.07, 6.45) is 0.605. The van der Waals surface area contributed by atoms with Crippen molar-refractivity contribution in [3.8, 4) is 0 Å². The van der Waals surface area contributed by atoms with Gasteiger partial charge in [0.2, 0.25) is 5.91 Å². The number of hydrogen-bond donors (Lipinski definition) is 2. The molecule has 0 radical (unpaired) electrons. The first-order valence-electron chi connectivity index (χ1n) is 8.06. The average molecular weight is 323 g/mol. The van der Waals surface area contributed by atoms with E-state index in [4.69, 9.17) is 0 Å². The van der Waals surface area contributed by atoms with Crippen LogP contribution in [0, 0.1) is 13.8 Å². The molecule has 1 atom stereocenters. The van der Waals surface area contributed by atoms with Gasteiger partial charge in [-0.3, -0.25) is 4.79 Å². The standard InChI is InChI=1S/C19H21N3O2/c1-13-7-9-15(10-8-13)22-12-11-17(18(22)23)21-19(24)20-16-6-4-3-5-14(16)2/h3-10,17H,11-12H2,1-2H3,(H2,20,21,24)/t17-/m0/s1. The van der Waals surface area contributed by atoms with Gasteiger partial charge in [-0.15, -0.1) is 0 Å². The number of aryl methyl sites for hydroxylation is 2. The number of carbonyl (C=O) groups is 2. The smallest absolute Gasteiger partial charge is 0.319 e. The summed E-state index contributed by atoms with van der Waals surface area (Å²) in [5.74, 6) is -0.0706. The van der Waals surface area contributed by atoms with Crippen LogP contribution in [-0.4, -0.2) is 24.5 Å². The lowest BCUT2D eigenvalue weighted by atomic mass is 10.2. The Morgan fingerprint density at radius 1 is 1.08 bits per heavy atom. The van der Waals surface area contributed by atoms with Crippen molar-refractivity contribution in [2.24, 2.45) is 0 Å². The van der Waals surface area contributed by atoms with Crippen LogP contribution in [0.25, 0.3) is 0 Å². The fraction of sp³-hybridized carbons (Fsp3) is 0.263. The molecule has 1 aliphatic heterocycles. The summed E-state index contributed by atoms with van der Waals surface area (Å²) in [5.41, 5.74) is 3.74. The molecule has 0 unspecified atom stereocenters. The number of benzene rings is 2. The molecule has 124 valence electrons. The Hall–Kier alpha value is -2.82. The van der Waals surface area contributed by atoms with E-state index in [0.29, 0.717) is 13.0 Å². The monoisotopic (exact) mass is 323 g/mol. The zero-order valence-electron chi connectivity index (χ0n) is 13.9. The van der Waals surface area contributed by atoms with E-state index in [9.17, 15) is 9.59 Å². The summed E-state index contributed by atoms with van der Waals surface area (Å²) in [4.78, 5) is 26.4. The van der Waals surface area contributed by atoms with Gasteiger partial charge in [0.15, 0.2) is 0 Å². The minimum absolute atomic E-state index is 0.0706. The first-order chi connectivity index (χ1) is 11.5. The van der Waals surface area contributed by atoms with E-state index in [1.807, 2.05) is 62.4 Å². The van der Waals surface area contributed by atoms with E-state index in [0.717, 1.165) is 22.5 Å². The van der Waals surface area contributed by atoms with E-state index in [2.05, 4.69) is 10.6 Å². The summed E-state index contributed by atoms with van der Waals surface area (Å²) in [6.45, 7) is 4.54. The third-order valence-electron chi connectivity index (χ3n) is 4.25. The average Bonchev–Trinajstić information content (AvgIpc) is 2.91. The van der Waals surface area contributed by atoms with Crippen molar-refractivity contribution < 1.29 is 9.59 Å². The van der Waals surface area contributed by atoms with Crippen LogP contribution in [0.15, 0.2) is 48.5 Å². The molecule has 1 saturated heterocycles. The van der Waals surface area contributed by atoms with Crippen LogP contribution in [0.5, 0.6) is 0 Å². The SMILES string of the molecule is Cc1ccc(N2CC[C@H](NC(=O)Nc3ccccc3C)C2=O)cc1. The predicted octanol–water partition coefficient (Wildman–Crippen LogP) is 3.23. The highest BCUT2D eigenvalue weighted by atomic mass is 16.2. The van der Waals surface area contributed by atoms with E-state index in [-0.39, 0.29) is 11.9 Å². The van der Waals surface area contributed by atoms with Crippen molar-refractivity contribution in [2.45, 2.75) is 26.3 Å². The molecular formula is C19H21N3O2. The Balaban J connectivity index is 1.62. The molecule has 0 spiro atoms. The minimum Gasteiger partial charge on any atom is -0.326 e. The molecule has 1 heterocycles. The maximum absolute atomic E-state index is 12.5. The van der Waals surface area contributed by atoms with Crippen LogP contribution in [0.3, 0.4) is 0 Å². The summed E-state index contributed by atoms with van der Waals surface area (Å²) >= 11 is 0. The quantitative estimate of drug-likeness (QED) is 0.911. The van der Waals surface area contributed by atoms with Gasteiger partial charge in [0.1, 0.15) is 6.04 Å². The summed E-state index contributed by atoms with van der Waals surface area (Å²) in [6, 6.07) is 14.5. The number of urea groups is 1. The molecule has 2 aromatic rings. The largest absolute Gasteiger partial charge is 0.326 e. The first-order valence-corrected chi connectivity index (χ1v) is 8.06. The number of nitrogens with zero attached hydrogens (tertiary/aromatic N) is 1. The van der Waals surface area contributed by atoms with Crippen molar-refractivity contribution >= 4 is 23.3 Å². The van der Waals surface area contributed by atoms with Gasteiger partial charge in [-0.1, -0.05) is 35.9 Å². The molecule has 3 amide bonds. The third-order valence-corrected chi connectivity index (χ3v) is 4.25. The number of para-hydroxylation sites is 1. The summed E-state index contributed by atoms with van der Waals surface area (Å²) in [7, 11) is 0. The summed E-state index contributed by atoms with van der Waals surface area (Å²) in [5, 5.41) is 5.57. The zero-order valence-corrected chi connectivity index (χ0v) is 13.9. The molecule has 2 N–H and O–H groups in total. The topological polar surface area (TPSA) is 61.4 Å². The van der Waals surface area contributed by atoms with E-state index in [1.54, 1.807) is 4.90 Å². The fourth-order valence-electron chi connectivity index (χ4n) is 2.82. The second-order valence-electron chi connectivity index (χ2n) is 6.08. The summed E-state index contributed by atoms with van der Waals surface area (Å²) < 4.78 is 0. The predicted molar refractivity (Wildman–Crippen MR) is 95.3 cm³/mol. The Labute approximate surface area is 141 Å². The lowest BCUT2D eigenvalue weighted by Gasteiger charge is -2.18. The van der Waals surface area contributed by atoms with Crippen LogP contribution in [0.2, 0.25) is 0 Å². The molecule has 1 fully saturated rings. The Kier molecular flexibility index (Phi) is 4.51. The van der Waals surface area contributed by atoms with Crippen LogP contribution >= 0.6 is 0 Å². The lowest BCUT2D eigenvalue weighted by molar-refractivity contribution is -0.118. The molecule has 0 saturated carbocycles. The molecular weight excluding hydrogens is 302 g/mol. The molecule has 3 rings (SSSR count). The highest BCUT2D eigenvalue weighted by molar-refractivity contribution is 6.02. The van der Waals surface area contributed by atoms with Gasteiger partial charge in [-0.25, -0.2) is 4.79 Å². The van der Waals surface area contributed by atoms with Crippen LogP contribution in [0.1, 0.15) is 17.5 Å². The molecule has 5 heteroatoms. The van der Waals surface area contributed by atoms with Gasteiger partial charge in [-0.2, -0.15) is 0 Å². The lowest BCUT2D eigenvalue weighted by Crippen LogP contribution is -2.43. The van der Waals surface area contributed by atoms with Crippen molar-refractivity contribution in [2.75, 3.05) is 16.8 Å². The van der Waals surface area contributed by atoms with Gasteiger partial charge >= 0.3 is 6.03 Å².